The second kappa shape index (κ2) is 7.31. The van der Waals surface area contributed by atoms with Gasteiger partial charge in [0.05, 0.1) is 5.41 Å². The maximum atomic E-state index is 2.43. The Hall–Kier alpha value is -4.46. The smallest absolute Gasteiger partial charge is 0.0725 e. The lowest BCUT2D eigenvalue weighted by Crippen LogP contribution is -2.29. The minimum Gasteiger partial charge on any atom is -0.135 e. The Morgan fingerprint density at radius 2 is 0.868 bits per heavy atom. The molecule has 0 atom stereocenters. The highest BCUT2D eigenvalue weighted by Gasteiger charge is 2.50. The topological polar surface area (TPSA) is 0 Å². The van der Waals surface area contributed by atoms with Crippen molar-refractivity contribution < 1.29 is 0 Å². The Balaban J connectivity index is 1.56. The van der Waals surface area contributed by atoms with Gasteiger partial charge < -0.3 is 0 Å². The summed E-state index contributed by atoms with van der Waals surface area (Å²) in [6.07, 6.45) is 0. The molecule has 0 fully saturated rings. The highest BCUT2D eigenvalue weighted by atomic mass is 32.1. The predicted octanol–water partition coefficient (Wildman–Crippen LogP) is 10.1. The summed E-state index contributed by atoms with van der Waals surface area (Å²) in [5, 5.41) is 2.75. The fourth-order valence-corrected chi connectivity index (χ4v) is 8.46. The van der Waals surface area contributed by atoms with Crippen LogP contribution in [0.3, 0.4) is 0 Å². The summed E-state index contributed by atoms with van der Waals surface area (Å²) >= 11 is 1.90. The highest BCUT2D eigenvalue weighted by Crippen LogP contribution is 2.63. The summed E-state index contributed by atoms with van der Waals surface area (Å²) in [6, 6.07) is 50.0. The summed E-state index contributed by atoms with van der Waals surface area (Å²) in [7, 11) is 0. The first-order valence-electron chi connectivity index (χ1n) is 13.2. The van der Waals surface area contributed by atoms with Gasteiger partial charge in [0.15, 0.2) is 0 Å². The van der Waals surface area contributed by atoms with Gasteiger partial charge in [-0.2, -0.15) is 0 Å². The Bertz CT molecular complexity index is 2020. The standard InChI is InChI=1S/C37H22S/c1-2-12-24-23(11-1)25-13-3-7-17-29(25)37(30-18-8-4-14-26(24)30)31-19-9-5-15-27(31)35-32(37)21-22-34-36(35)28-16-6-10-20-33(28)38-34/h1-22H. The van der Waals surface area contributed by atoms with E-state index in [1.165, 1.54) is 75.8 Å². The van der Waals surface area contributed by atoms with Crippen molar-refractivity contribution in [3.05, 3.63) is 156 Å². The van der Waals surface area contributed by atoms with E-state index in [-0.39, 0.29) is 0 Å². The van der Waals surface area contributed by atoms with E-state index < -0.39 is 5.41 Å². The first-order chi connectivity index (χ1) is 18.9. The quantitative estimate of drug-likeness (QED) is 0.195. The Morgan fingerprint density at radius 3 is 1.53 bits per heavy atom. The van der Waals surface area contributed by atoms with Crippen LogP contribution in [0.1, 0.15) is 22.3 Å². The number of fused-ring (bicyclic) bond motifs is 16. The van der Waals surface area contributed by atoms with Gasteiger partial charge in [-0.25, -0.2) is 0 Å². The lowest BCUT2D eigenvalue weighted by Gasteiger charge is -2.35. The molecule has 0 unspecified atom stereocenters. The third-order valence-electron chi connectivity index (χ3n) is 8.72. The molecule has 1 heteroatoms. The number of thiophene rings is 1. The molecule has 2 aliphatic carbocycles. The van der Waals surface area contributed by atoms with E-state index in [9.17, 15) is 0 Å². The van der Waals surface area contributed by atoms with Gasteiger partial charge in [-0.15, -0.1) is 11.3 Å². The van der Waals surface area contributed by atoms with Crippen molar-refractivity contribution in [2.24, 2.45) is 0 Å². The average Bonchev–Trinajstić information content (AvgIpc) is 3.47. The molecule has 1 heterocycles. The summed E-state index contributed by atoms with van der Waals surface area (Å²) in [6.45, 7) is 0. The first-order valence-corrected chi connectivity index (χ1v) is 14.0. The second-order valence-corrected chi connectivity index (χ2v) is 11.5. The van der Waals surface area contributed by atoms with Crippen molar-refractivity contribution in [2.75, 3.05) is 0 Å². The number of rotatable bonds is 0. The van der Waals surface area contributed by atoms with E-state index in [1.807, 2.05) is 11.3 Å². The van der Waals surface area contributed by atoms with Gasteiger partial charge >= 0.3 is 0 Å². The zero-order valence-electron chi connectivity index (χ0n) is 20.6. The molecule has 0 nitrogen and oxygen atoms in total. The van der Waals surface area contributed by atoms with Crippen LogP contribution in [0.5, 0.6) is 0 Å². The fraction of sp³-hybridized carbons (Fsp3) is 0.0270. The summed E-state index contributed by atoms with van der Waals surface area (Å²) in [4.78, 5) is 0. The van der Waals surface area contributed by atoms with Crippen LogP contribution in [-0.4, -0.2) is 0 Å². The number of benzene rings is 6. The average molecular weight is 499 g/mol. The van der Waals surface area contributed by atoms with Crippen molar-refractivity contribution in [3.8, 4) is 33.4 Å². The van der Waals surface area contributed by atoms with Crippen molar-refractivity contribution >= 4 is 31.5 Å². The largest absolute Gasteiger partial charge is 0.135 e. The lowest BCUT2D eigenvalue weighted by molar-refractivity contribution is 0.776. The molecule has 38 heavy (non-hydrogen) atoms. The van der Waals surface area contributed by atoms with Gasteiger partial charge in [-0.1, -0.05) is 121 Å². The van der Waals surface area contributed by atoms with Crippen LogP contribution in [0.25, 0.3) is 53.6 Å². The molecule has 1 spiro atoms. The first kappa shape index (κ1) is 20.6. The fourth-order valence-electron chi connectivity index (χ4n) is 7.35. The molecule has 0 aliphatic heterocycles. The van der Waals surface area contributed by atoms with Gasteiger partial charge in [0, 0.05) is 20.2 Å². The van der Waals surface area contributed by atoms with Crippen LogP contribution in [-0.2, 0) is 5.41 Å². The van der Waals surface area contributed by atoms with E-state index in [0.717, 1.165) is 0 Å². The van der Waals surface area contributed by atoms with E-state index in [4.69, 9.17) is 0 Å². The molecule has 0 N–H and O–H groups in total. The van der Waals surface area contributed by atoms with Crippen molar-refractivity contribution in [3.63, 3.8) is 0 Å². The molecule has 0 amide bonds. The van der Waals surface area contributed by atoms with Gasteiger partial charge in [-0.3, -0.25) is 0 Å². The lowest BCUT2D eigenvalue weighted by atomic mass is 9.66. The Labute approximate surface area is 225 Å². The normalized spacial score (nSPS) is 14.0. The van der Waals surface area contributed by atoms with Crippen molar-refractivity contribution in [1.82, 2.24) is 0 Å². The molecule has 0 saturated carbocycles. The molecular weight excluding hydrogens is 476 g/mol. The summed E-state index contributed by atoms with van der Waals surface area (Å²) in [5.41, 5.74) is 13.1. The Kier molecular flexibility index (Phi) is 3.96. The highest BCUT2D eigenvalue weighted by molar-refractivity contribution is 7.26. The Morgan fingerprint density at radius 1 is 0.368 bits per heavy atom. The summed E-state index contributed by atoms with van der Waals surface area (Å²) < 4.78 is 2.71. The van der Waals surface area contributed by atoms with E-state index >= 15 is 0 Å². The molecule has 9 rings (SSSR count). The molecule has 1 aromatic heterocycles. The number of hydrogen-bond acceptors (Lipinski definition) is 1. The summed E-state index contributed by atoms with van der Waals surface area (Å²) in [5.74, 6) is 0. The third kappa shape index (κ3) is 2.36. The van der Waals surface area contributed by atoms with E-state index in [0.29, 0.717) is 0 Å². The molecular formula is C37H22S. The van der Waals surface area contributed by atoms with Crippen molar-refractivity contribution in [2.45, 2.75) is 5.41 Å². The second-order valence-electron chi connectivity index (χ2n) is 10.4. The van der Waals surface area contributed by atoms with Crippen LogP contribution in [0.15, 0.2) is 133 Å². The minimum absolute atomic E-state index is 0.407. The van der Waals surface area contributed by atoms with Crippen LogP contribution >= 0.6 is 11.3 Å². The minimum atomic E-state index is -0.407. The monoisotopic (exact) mass is 498 g/mol. The molecule has 0 saturated heterocycles. The number of hydrogen-bond donors (Lipinski definition) is 0. The molecule has 0 bridgehead atoms. The maximum Gasteiger partial charge on any atom is 0.0725 e. The van der Waals surface area contributed by atoms with Crippen LogP contribution in [0.2, 0.25) is 0 Å². The third-order valence-corrected chi connectivity index (χ3v) is 9.85. The van der Waals surface area contributed by atoms with Crippen LogP contribution in [0.4, 0.5) is 0 Å². The predicted molar refractivity (Wildman–Crippen MR) is 161 cm³/mol. The molecule has 0 radical (unpaired) electrons. The maximum absolute atomic E-state index is 2.43. The van der Waals surface area contributed by atoms with E-state index in [2.05, 4.69) is 133 Å². The van der Waals surface area contributed by atoms with Gasteiger partial charge in [0.2, 0.25) is 0 Å². The van der Waals surface area contributed by atoms with Crippen LogP contribution in [0, 0.1) is 0 Å². The van der Waals surface area contributed by atoms with Crippen LogP contribution < -0.4 is 0 Å². The molecule has 2 aliphatic rings. The molecule has 6 aromatic carbocycles. The van der Waals surface area contributed by atoms with E-state index in [1.54, 1.807) is 0 Å². The van der Waals surface area contributed by atoms with Gasteiger partial charge in [-0.05, 0) is 67.8 Å². The zero-order valence-corrected chi connectivity index (χ0v) is 21.4. The van der Waals surface area contributed by atoms with Gasteiger partial charge in [0.25, 0.3) is 0 Å². The SMILES string of the molecule is c1ccc2c(c1)-c1ccccc1C1(c3ccccc3-2)c2ccccc2-c2c1ccc1sc3ccccc3c21. The molecule has 7 aromatic rings. The van der Waals surface area contributed by atoms with Gasteiger partial charge in [0.1, 0.15) is 0 Å². The zero-order chi connectivity index (χ0) is 24.8. The molecule has 176 valence electrons. The van der Waals surface area contributed by atoms with Crippen molar-refractivity contribution in [1.29, 1.82) is 0 Å².